The van der Waals surface area contributed by atoms with E-state index in [-0.39, 0.29) is 12.5 Å². The number of aliphatic hydroxyl groups is 1. The van der Waals surface area contributed by atoms with Gasteiger partial charge >= 0.3 is 5.97 Å². The van der Waals surface area contributed by atoms with Crippen molar-refractivity contribution in [1.29, 1.82) is 0 Å². The van der Waals surface area contributed by atoms with Crippen LogP contribution < -0.4 is 5.73 Å². The third kappa shape index (κ3) is 4.46. The van der Waals surface area contributed by atoms with E-state index in [4.69, 9.17) is 20.9 Å². The molecule has 36 heavy (non-hydrogen) atoms. The quantitative estimate of drug-likeness (QED) is 0.312. The number of aromatic nitrogens is 6. The van der Waals surface area contributed by atoms with E-state index >= 15 is 0 Å². The number of anilines is 1. The van der Waals surface area contributed by atoms with Gasteiger partial charge in [0.1, 0.15) is 5.82 Å². The summed E-state index contributed by atoms with van der Waals surface area (Å²) in [6.07, 6.45) is 7.34. The van der Waals surface area contributed by atoms with Gasteiger partial charge in [-0.05, 0) is 47.7 Å². The van der Waals surface area contributed by atoms with Crippen molar-refractivity contribution >= 4 is 33.4 Å². The van der Waals surface area contributed by atoms with Crippen LogP contribution in [0.15, 0.2) is 41.4 Å². The summed E-state index contributed by atoms with van der Waals surface area (Å²) in [6, 6.07) is 3.82. The van der Waals surface area contributed by atoms with Crippen LogP contribution in [-0.2, 0) is 11.3 Å². The number of rotatable bonds is 7. The summed E-state index contributed by atoms with van der Waals surface area (Å²) in [6.45, 7) is 0.428. The van der Waals surface area contributed by atoms with E-state index < -0.39 is 18.1 Å². The van der Waals surface area contributed by atoms with Gasteiger partial charge in [-0.1, -0.05) is 6.07 Å². The van der Waals surface area contributed by atoms with Crippen molar-refractivity contribution in [2.24, 2.45) is 5.92 Å². The molecule has 1 unspecified atom stereocenters. The van der Waals surface area contributed by atoms with Gasteiger partial charge in [-0.25, -0.2) is 14.2 Å². The summed E-state index contributed by atoms with van der Waals surface area (Å²) in [5.74, 6) is -1.43. The molecule has 1 aliphatic carbocycles. The highest BCUT2D eigenvalue weighted by molar-refractivity contribution is 9.10. The number of hydrogen-bond donors (Lipinski definition) is 3. The van der Waals surface area contributed by atoms with E-state index in [9.17, 15) is 9.18 Å². The van der Waals surface area contributed by atoms with Gasteiger partial charge in [0.25, 0.3) is 0 Å². The van der Waals surface area contributed by atoms with Gasteiger partial charge in [-0.2, -0.15) is 14.7 Å². The molecular weight excluding hydrogens is 533 g/mol. The third-order valence-electron chi connectivity index (χ3n) is 6.79. The molecule has 12 heteroatoms. The standard InChI is InChI=1S/C24H25BrFN7O3/c25-19-21(14-3-1-13(2-4-14)20(26)24(35)36)31-23-17(11-30-33(23)22(19)27)15-5-6-18(28-9-15)16-10-29-32(12-16)7-8-34/h5-6,9-14,20,34H,1-4,7-8,27H2,(H,35,36)/t13-,14+,20?. The molecule has 4 aromatic heterocycles. The molecule has 1 saturated carbocycles. The second-order valence-electron chi connectivity index (χ2n) is 8.99. The predicted octanol–water partition coefficient (Wildman–Crippen LogP) is 3.69. The second-order valence-corrected chi connectivity index (χ2v) is 9.78. The maximum atomic E-state index is 14.0. The SMILES string of the molecule is Nc1c(Br)c([C@H]2CC[C@@H](C(F)C(=O)O)CC2)nc2c(-c3ccc(-c4cnn(CCO)c4)nc3)cnn12. The molecule has 1 aliphatic rings. The minimum Gasteiger partial charge on any atom is -0.479 e. The molecule has 4 N–H and O–H groups in total. The van der Waals surface area contributed by atoms with E-state index in [1.54, 1.807) is 27.8 Å². The first-order valence-electron chi connectivity index (χ1n) is 11.7. The molecular formula is C24H25BrFN7O3. The Kier molecular flexibility index (Phi) is 6.71. The van der Waals surface area contributed by atoms with Crippen LogP contribution in [0.3, 0.4) is 0 Å². The molecule has 0 saturated heterocycles. The topological polar surface area (TPSA) is 144 Å². The average molecular weight is 558 g/mol. The zero-order valence-electron chi connectivity index (χ0n) is 19.3. The Bertz CT molecular complexity index is 1400. The Balaban J connectivity index is 1.43. The number of nitrogen functional groups attached to an aromatic ring is 1. The predicted molar refractivity (Wildman–Crippen MR) is 134 cm³/mol. The number of carboxylic acids is 1. The largest absolute Gasteiger partial charge is 0.479 e. The Morgan fingerprint density at radius 1 is 1.17 bits per heavy atom. The van der Waals surface area contributed by atoms with Crippen LogP contribution in [0.1, 0.15) is 37.3 Å². The first kappa shape index (κ1) is 24.3. The van der Waals surface area contributed by atoms with E-state index in [0.717, 1.165) is 28.1 Å². The summed E-state index contributed by atoms with van der Waals surface area (Å²) in [4.78, 5) is 20.5. The molecule has 1 fully saturated rings. The second kappa shape index (κ2) is 9.94. The Labute approximate surface area is 214 Å². The number of halogens is 2. The van der Waals surface area contributed by atoms with Gasteiger partial charge in [0.15, 0.2) is 11.8 Å². The van der Waals surface area contributed by atoms with E-state index in [0.29, 0.717) is 48.2 Å². The molecule has 0 radical (unpaired) electrons. The minimum atomic E-state index is -1.84. The van der Waals surface area contributed by atoms with Crippen LogP contribution in [0, 0.1) is 5.92 Å². The number of pyridine rings is 1. The van der Waals surface area contributed by atoms with Gasteiger partial charge in [0.2, 0.25) is 0 Å². The van der Waals surface area contributed by atoms with Gasteiger partial charge in [-0.3, -0.25) is 9.67 Å². The zero-order chi connectivity index (χ0) is 25.4. The number of aliphatic hydroxyl groups excluding tert-OH is 1. The molecule has 1 atom stereocenters. The number of nitrogens with zero attached hydrogens (tertiary/aromatic N) is 6. The maximum absolute atomic E-state index is 14.0. The lowest BCUT2D eigenvalue weighted by molar-refractivity contribution is -0.145. The van der Waals surface area contributed by atoms with Crippen molar-refractivity contribution < 1.29 is 19.4 Å². The Morgan fingerprint density at radius 3 is 2.61 bits per heavy atom. The van der Waals surface area contributed by atoms with Gasteiger partial charge in [-0.15, -0.1) is 0 Å². The van der Waals surface area contributed by atoms with Crippen LogP contribution in [0.2, 0.25) is 0 Å². The first-order chi connectivity index (χ1) is 17.4. The molecule has 0 aliphatic heterocycles. The van der Waals surface area contributed by atoms with E-state index in [2.05, 4.69) is 31.1 Å². The normalized spacial score (nSPS) is 19.0. The number of carbonyl (C=O) groups is 1. The Hall–Kier alpha value is -3.38. The van der Waals surface area contributed by atoms with E-state index in [1.807, 2.05) is 18.3 Å². The van der Waals surface area contributed by atoms with Gasteiger partial charge < -0.3 is 15.9 Å². The summed E-state index contributed by atoms with van der Waals surface area (Å²) >= 11 is 3.57. The molecule has 4 heterocycles. The van der Waals surface area contributed by atoms with Crippen LogP contribution in [0.4, 0.5) is 10.2 Å². The lowest BCUT2D eigenvalue weighted by atomic mass is 9.78. The molecule has 10 nitrogen and oxygen atoms in total. The molecule has 0 aromatic carbocycles. The van der Waals surface area contributed by atoms with Crippen LogP contribution in [-0.4, -0.2) is 58.3 Å². The molecule has 0 bridgehead atoms. The van der Waals surface area contributed by atoms with E-state index in [1.165, 1.54) is 0 Å². The van der Waals surface area contributed by atoms with Crippen molar-refractivity contribution in [2.75, 3.05) is 12.3 Å². The lowest BCUT2D eigenvalue weighted by Gasteiger charge is -2.29. The van der Waals surface area contributed by atoms with Crippen LogP contribution in [0.5, 0.6) is 0 Å². The zero-order valence-corrected chi connectivity index (χ0v) is 20.8. The van der Waals surface area contributed by atoms with Crippen molar-refractivity contribution in [3.8, 4) is 22.4 Å². The van der Waals surface area contributed by atoms with Crippen molar-refractivity contribution in [3.63, 3.8) is 0 Å². The summed E-state index contributed by atoms with van der Waals surface area (Å²) in [5.41, 5.74) is 10.9. The van der Waals surface area contributed by atoms with Crippen molar-refractivity contribution in [2.45, 2.75) is 44.3 Å². The number of alkyl halides is 1. The summed E-state index contributed by atoms with van der Waals surface area (Å²) in [5, 5.41) is 26.7. The molecule has 188 valence electrons. The molecule has 4 aromatic rings. The third-order valence-corrected chi connectivity index (χ3v) is 7.60. The fraction of sp³-hybridized carbons (Fsp3) is 0.375. The average Bonchev–Trinajstić information content (AvgIpc) is 3.54. The van der Waals surface area contributed by atoms with Crippen molar-refractivity contribution in [3.05, 3.63) is 47.1 Å². The van der Waals surface area contributed by atoms with Crippen LogP contribution >= 0.6 is 15.9 Å². The summed E-state index contributed by atoms with van der Waals surface area (Å²) in [7, 11) is 0. The monoisotopic (exact) mass is 557 g/mol. The smallest absolute Gasteiger partial charge is 0.338 e. The Morgan fingerprint density at radius 2 is 1.94 bits per heavy atom. The number of aliphatic carboxylic acids is 1. The fourth-order valence-electron chi connectivity index (χ4n) is 4.82. The highest BCUT2D eigenvalue weighted by atomic mass is 79.9. The number of hydrogen-bond acceptors (Lipinski definition) is 7. The van der Waals surface area contributed by atoms with Crippen molar-refractivity contribution in [1.82, 2.24) is 29.4 Å². The molecule has 0 spiro atoms. The van der Waals surface area contributed by atoms with Gasteiger partial charge in [0.05, 0.1) is 41.4 Å². The number of nitrogens with two attached hydrogens (primary N) is 1. The molecule has 5 rings (SSSR count). The number of carboxylic acid groups (broad SMARTS) is 1. The molecule has 0 amide bonds. The highest BCUT2D eigenvalue weighted by Gasteiger charge is 2.34. The maximum Gasteiger partial charge on any atom is 0.338 e. The first-order valence-corrected chi connectivity index (χ1v) is 12.5. The minimum absolute atomic E-state index is 0.0105. The lowest BCUT2D eigenvalue weighted by Crippen LogP contribution is -2.28. The van der Waals surface area contributed by atoms with Gasteiger partial charge in [0, 0.05) is 40.9 Å². The summed E-state index contributed by atoms with van der Waals surface area (Å²) < 4.78 is 17.9. The fourth-order valence-corrected chi connectivity index (χ4v) is 5.40. The van der Waals surface area contributed by atoms with Crippen LogP contribution in [0.25, 0.3) is 28.0 Å². The number of fused-ring (bicyclic) bond motifs is 1. The highest BCUT2D eigenvalue weighted by Crippen LogP contribution is 2.41.